The normalized spacial score (nSPS) is 12.1. The van der Waals surface area contributed by atoms with E-state index in [1.54, 1.807) is 0 Å². The van der Waals surface area contributed by atoms with Crippen LogP contribution in [0.25, 0.3) is 0 Å². The molecule has 0 spiro atoms. The van der Waals surface area contributed by atoms with E-state index in [-0.39, 0.29) is 6.10 Å². The fourth-order valence-electron chi connectivity index (χ4n) is 1.40. The number of carbonyl (C=O) groups is 1. The van der Waals surface area contributed by atoms with Gasteiger partial charge in [0.05, 0.1) is 5.69 Å². The van der Waals surface area contributed by atoms with Crippen LogP contribution in [-0.2, 0) is 9.63 Å². The first-order valence-electron chi connectivity index (χ1n) is 5.78. The Kier molecular flexibility index (Phi) is 6.26. The molecule has 1 aromatic carbocycles. The number of aldehydes is 1. The molecule has 1 N–H and O–H groups in total. The maximum Gasteiger partial charge on any atom is 0.151 e. The Morgan fingerprint density at radius 1 is 1.31 bits per heavy atom. The monoisotopic (exact) mass is 221 g/mol. The van der Waals surface area contributed by atoms with Crippen molar-refractivity contribution >= 4 is 12.0 Å². The molecule has 0 saturated heterocycles. The molecule has 0 saturated carbocycles. The van der Waals surface area contributed by atoms with Crippen LogP contribution in [0.15, 0.2) is 30.3 Å². The summed E-state index contributed by atoms with van der Waals surface area (Å²) >= 11 is 0. The highest BCUT2D eigenvalue weighted by atomic mass is 16.7. The average Bonchev–Trinajstić information content (AvgIpc) is 2.35. The van der Waals surface area contributed by atoms with Gasteiger partial charge in [-0.15, -0.1) is 0 Å². The van der Waals surface area contributed by atoms with E-state index in [1.807, 2.05) is 30.3 Å². The van der Waals surface area contributed by atoms with E-state index in [0.717, 1.165) is 37.7 Å². The van der Waals surface area contributed by atoms with Crippen LogP contribution in [0.2, 0.25) is 0 Å². The second-order valence-corrected chi connectivity index (χ2v) is 3.76. The molecule has 0 fully saturated rings. The van der Waals surface area contributed by atoms with Crippen molar-refractivity contribution < 1.29 is 9.63 Å². The quantitative estimate of drug-likeness (QED) is 0.416. The predicted molar refractivity (Wildman–Crippen MR) is 65.1 cm³/mol. The second kappa shape index (κ2) is 7.88. The van der Waals surface area contributed by atoms with Crippen molar-refractivity contribution in [1.29, 1.82) is 0 Å². The molecule has 3 nitrogen and oxygen atoms in total. The summed E-state index contributed by atoms with van der Waals surface area (Å²) < 4.78 is 0. The average molecular weight is 221 g/mol. The van der Waals surface area contributed by atoms with Crippen LogP contribution in [0, 0.1) is 0 Å². The molecule has 88 valence electrons. The Morgan fingerprint density at radius 3 is 2.69 bits per heavy atom. The van der Waals surface area contributed by atoms with Crippen LogP contribution in [-0.4, -0.2) is 12.4 Å². The molecular formula is C13H19NO2. The zero-order valence-corrected chi connectivity index (χ0v) is 9.69. The number of para-hydroxylation sites is 1. The molecule has 0 aliphatic heterocycles. The van der Waals surface area contributed by atoms with Gasteiger partial charge in [0.25, 0.3) is 0 Å². The molecular weight excluding hydrogens is 202 g/mol. The van der Waals surface area contributed by atoms with Crippen molar-refractivity contribution in [2.75, 3.05) is 5.48 Å². The SMILES string of the molecule is CCCCCC(C=O)ONc1ccccc1. The summed E-state index contributed by atoms with van der Waals surface area (Å²) in [6.45, 7) is 2.14. The van der Waals surface area contributed by atoms with Gasteiger partial charge >= 0.3 is 0 Å². The first-order valence-corrected chi connectivity index (χ1v) is 5.78. The van der Waals surface area contributed by atoms with Crippen LogP contribution < -0.4 is 5.48 Å². The molecule has 16 heavy (non-hydrogen) atoms. The Labute approximate surface area is 96.8 Å². The van der Waals surface area contributed by atoms with Gasteiger partial charge in [-0.1, -0.05) is 44.4 Å². The van der Waals surface area contributed by atoms with Gasteiger partial charge < -0.3 is 4.79 Å². The topological polar surface area (TPSA) is 38.3 Å². The zero-order valence-electron chi connectivity index (χ0n) is 9.69. The minimum Gasteiger partial charge on any atom is -0.300 e. The minimum absolute atomic E-state index is 0.355. The van der Waals surface area contributed by atoms with Gasteiger partial charge in [0.2, 0.25) is 0 Å². The smallest absolute Gasteiger partial charge is 0.151 e. The Hall–Kier alpha value is -1.35. The number of benzene rings is 1. The summed E-state index contributed by atoms with van der Waals surface area (Å²) in [6.07, 6.45) is 4.59. The van der Waals surface area contributed by atoms with Crippen molar-refractivity contribution in [1.82, 2.24) is 0 Å². The lowest BCUT2D eigenvalue weighted by atomic mass is 10.1. The van der Waals surface area contributed by atoms with Crippen LogP contribution in [0.5, 0.6) is 0 Å². The molecule has 0 amide bonds. The summed E-state index contributed by atoms with van der Waals surface area (Å²) in [5.74, 6) is 0. The molecule has 1 aromatic rings. The van der Waals surface area contributed by atoms with Gasteiger partial charge in [0.1, 0.15) is 6.10 Å². The fourth-order valence-corrected chi connectivity index (χ4v) is 1.40. The summed E-state index contributed by atoms with van der Waals surface area (Å²) in [5.41, 5.74) is 3.66. The van der Waals surface area contributed by atoms with E-state index in [4.69, 9.17) is 4.84 Å². The maximum absolute atomic E-state index is 10.8. The number of unbranched alkanes of at least 4 members (excludes halogenated alkanes) is 2. The Bertz CT molecular complexity index is 287. The number of rotatable bonds is 8. The van der Waals surface area contributed by atoms with E-state index in [1.165, 1.54) is 0 Å². The van der Waals surface area contributed by atoms with Crippen LogP contribution >= 0.6 is 0 Å². The molecule has 0 radical (unpaired) electrons. The van der Waals surface area contributed by atoms with Crippen LogP contribution in [0.4, 0.5) is 5.69 Å². The van der Waals surface area contributed by atoms with Gasteiger partial charge in [-0.3, -0.25) is 10.3 Å². The third-order valence-corrected chi connectivity index (χ3v) is 2.35. The highest BCUT2D eigenvalue weighted by molar-refractivity contribution is 5.56. The van der Waals surface area contributed by atoms with Gasteiger partial charge in [-0.05, 0) is 18.6 Å². The number of nitrogens with one attached hydrogen (secondary N) is 1. The van der Waals surface area contributed by atoms with Crippen molar-refractivity contribution in [3.63, 3.8) is 0 Å². The predicted octanol–water partition coefficient (Wildman–Crippen LogP) is 3.18. The molecule has 3 heteroatoms. The van der Waals surface area contributed by atoms with E-state index in [9.17, 15) is 4.79 Å². The number of carbonyl (C=O) groups excluding carboxylic acids is 1. The maximum atomic E-state index is 10.8. The summed E-state index contributed by atoms with van der Waals surface area (Å²) in [5, 5.41) is 0. The Morgan fingerprint density at radius 2 is 2.06 bits per heavy atom. The van der Waals surface area contributed by atoms with E-state index in [0.29, 0.717) is 0 Å². The van der Waals surface area contributed by atoms with Crippen molar-refractivity contribution in [3.05, 3.63) is 30.3 Å². The van der Waals surface area contributed by atoms with Crippen molar-refractivity contribution in [3.8, 4) is 0 Å². The van der Waals surface area contributed by atoms with Gasteiger partial charge in [0.15, 0.2) is 6.29 Å². The highest BCUT2D eigenvalue weighted by Crippen LogP contribution is 2.09. The molecule has 0 aliphatic carbocycles. The molecule has 1 rings (SSSR count). The van der Waals surface area contributed by atoms with Crippen molar-refractivity contribution in [2.24, 2.45) is 0 Å². The first kappa shape index (κ1) is 12.7. The zero-order chi connectivity index (χ0) is 11.6. The third-order valence-electron chi connectivity index (χ3n) is 2.35. The van der Waals surface area contributed by atoms with Crippen LogP contribution in [0.3, 0.4) is 0 Å². The van der Waals surface area contributed by atoms with Crippen LogP contribution in [0.1, 0.15) is 32.6 Å². The fraction of sp³-hybridized carbons (Fsp3) is 0.462. The van der Waals surface area contributed by atoms with E-state index in [2.05, 4.69) is 12.4 Å². The number of hydrogen-bond acceptors (Lipinski definition) is 3. The Balaban J connectivity index is 2.26. The molecule has 1 atom stereocenters. The molecule has 0 bridgehead atoms. The summed E-state index contributed by atoms with van der Waals surface area (Å²) in [7, 11) is 0. The second-order valence-electron chi connectivity index (χ2n) is 3.76. The number of hydrogen-bond donors (Lipinski definition) is 1. The van der Waals surface area contributed by atoms with Crippen molar-refractivity contribution in [2.45, 2.75) is 38.7 Å². The highest BCUT2D eigenvalue weighted by Gasteiger charge is 2.07. The van der Waals surface area contributed by atoms with Gasteiger partial charge in [-0.2, -0.15) is 0 Å². The van der Waals surface area contributed by atoms with E-state index >= 15 is 0 Å². The molecule has 1 unspecified atom stereocenters. The van der Waals surface area contributed by atoms with E-state index < -0.39 is 0 Å². The molecule has 0 aromatic heterocycles. The lowest BCUT2D eigenvalue weighted by molar-refractivity contribution is -0.116. The molecule has 0 aliphatic rings. The lowest BCUT2D eigenvalue weighted by Crippen LogP contribution is -2.18. The van der Waals surface area contributed by atoms with Gasteiger partial charge in [0, 0.05) is 0 Å². The summed E-state index contributed by atoms with van der Waals surface area (Å²) in [4.78, 5) is 16.1. The molecule has 0 heterocycles. The number of anilines is 1. The van der Waals surface area contributed by atoms with Gasteiger partial charge in [-0.25, -0.2) is 0 Å². The lowest BCUT2D eigenvalue weighted by Gasteiger charge is -2.12. The standard InChI is InChI=1S/C13H19NO2/c1-2-3-5-10-13(11-15)16-14-12-8-6-4-7-9-12/h4,6-9,11,13-14H,2-3,5,10H2,1H3. The minimum atomic E-state index is -0.355. The largest absolute Gasteiger partial charge is 0.300 e. The third kappa shape index (κ3) is 4.94. The first-order chi connectivity index (χ1) is 7.86. The summed E-state index contributed by atoms with van der Waals surface area (Å²) in [6, 6.07) is 9.56.